The molecule has 0 saturated carbocycles. The maximum absolute atomic E-state index is 3.91. The normalized spacial score (nSPS) is 17.1. The van der Waals surface area contributed by atoms with Crippen LogP contribution in [0.25, 0.3) is 0 Å². The molecular weight excluding hydrogens is 262 g/mol. The quantitative estimate of drug-likeness (QED) is 0.804. The van der Waals surface area contributed by atoms with Crippen molar-refractivity contribution in [2.75, 3.05) is 28.2 Å². The minimum atomic E-state index is -1.64. The predicted molar refractivity (Wildman–Crippen MR) is 92.1 cm³/mol. The number of allylic oxidation sites excluding steroid dienone is 2. The van der Waals surface area contributed by atoms with Gasteiger partial charge in [-0.05, 0) is 38.5 Å². The van der Waals surface area contributed by atoms with Crippen LogP contribution in [0.2, 0.25) is 13.1 Å². The summed E-state index contributed by atoms with van der Waals surface area (Å²) in [6, 6.07) is 0. The summed E-state index contributed by atoms with van der Waals surface area (Å²) < 4.78 is 0. The first-order valence-corrected chi connectivity index (χ1v) is 10.4. The van der Waals surface area contributed by atoms with E-state index < -0.39 is 8.24 Å². The number of rotatable bonds is 4. The van der Waals surface area contributed by atoms with Crippen LogP contribution >= 0.6 is 0 Å². The van der Waals surface area contributed by atoms with Crippen LogP contribution < -0.4 is 4.98 Å². The van der Waals surface area contributed by atoms with E-state index in [4.69, 9.17) is 0 Å². The number of nitrogens with zero attached hydrogens (tertiary/aromatic N) is 2. The second-order valence-corrected chi connectivity index (χ2v) is 12.0. The van der Waals surface area contributed by atoms with Gasteiger partial charge in [-0.2, -0.15) is 0 Å². The van der Waals surface area contributed by atoms with Crippen molar-refractivity contribution in [3.8, 4) is 0 Å². The maximum atomic E-state index is 3.91. The molecule has 0 bridgehead atoms. The van der Waals surface area contributed by atoms with Crippen molar-refractivity contribution in [2.45, 2.75) is 52.7 Å². The average Bonchev–Trinajstić information content (AvgIpc) is 2.52. The summed E-state index contributed by atoms with van der Waals surface area (Å²) in [7, 11) is 7.00. The molecule has 1 N–H and O–H groups in total. The summed E-state index contributed by atoms with van der Waals surface area (Å²) in [5.41, 5.74) is 4.50. The van der Waals surface area contributed by atoms with Gasteiger partial charge in [-0.1, -0.05) is 13.1 Å². The summed E-state index contributed by atoms with van der Waals surface area (Å²) in [5.74, 6) is 0. The lowest BCUT2D eigenvalue weighted by molar-refractivity contribution is 0.492. The maximum Gasteiger partial charge on any atom is 0.150 e. The van der Waals surface area contributed by atoms with E-state index in [0.29, 0.717) is 0 Å². The summed E-state index contributed by atoms with van der Waals surface area (Å²) >= 11 is 0. The van der Waals surface area contributed by atoms with E-state index in [-0.39, 0.29) is 5.54 Å². The highest BCUT2D eigenvalue weighted by Crippen LogP contribution is 2.38. The third-order valence-corrected chi connectivity index (χ3v) is 7.14. The highest BCUT2D eigenvalue weighted by Gasteiger charge is 2.37. The predicted octanol–water partition coefficient (Wildman–Crippen LogP) is 3.17. The molecule has 4 heteroatoms. The number of hydrogen-bond acceptors (Lipinski definition) is 3. The molecule has 0 aromatic carbocycles. The van der Waals surface area contributed by atoms with Gasteiger partial charge in [0.1, 0.15) is 8.24 Å². The summed E-state index contributed by atoms with van der Waals surface area (Å²) in [4.78, 5) is 8.47. The molecule has 3 nitrogen and oxygen atoms in total. The van der Waals surface area contributed by atoms with Crippen LogP contribution in [0.3, 0.4) is 0 Å². The average molecular weight is 296 g/mol. The van der Waals surface area contributed by atoms with Crippen LogP contribution in [0.5, 0.6) is 0 Å². The van der Waals surface area contributed by atoms with Gasteiger partial charge in [-0.15, -0.1) is 0 Å². The van der Waals surface area contributed by atoms with Crippen LogP contribution in [-0.4, -0.2) is 51.8 Å². The Morgan fingerprint density at radius 1 is 1.00 bits per heavy atom. The molecule has 20 heavy (non-hydrogen) atoms. The fourth-order valence-electron chi connectivity index (χ4n) is 3.38. The highest BCUT2D eigenvalue weighted by atomic mass is 28.3. The molecule has 0 aromatic rings. The van der Waals surface area contributed by atoms with E-state index in [0.717, 1.165) is 6.42 Å². The van der Waals surface area contributed by atoms with E-state index in [2.05, 4.69) is 83.8 Å². The second-order valence-electron chi connectivity index (χ2n) is 7.86. The van der Waals surface area contributed by atoms with Gasteiger partial charge in [-0.25, -0.2) is 0 Å². The van der Waals surface area contributed by atoms with Crippen molar-refractivity contribution >= 4 is 8.24 Å². The second kappa shape index (κ2) is 5.56. The van der Waals surface area contributed by atoms with E-state index in [1.165, 1.54) is 17.0 Å². The Balaban J connectivity index is 3.23. The fraction of sp³-hybridized carbons (Fsp3) is 0.750. The van der Waals surface area contributed by atoms with Crippen molar-refractivity contribution in [1.82, 2.24) is 14.8 Å². The van der Waals surface area contributed by atoms with Gasteiger partial charge in [-0.3, -0.25) is 0 Å². The SMILES string of the molecule is CC1=C(N(C)C)CC([Si](C)(C)NC(C)(C)C)=C1N(C)C. The third-order valence-electron chi connectivity index (χ3n) is 3.85. The number of hydrogen-bond donors (Lipinski definition) is 1. The number of likely N-dealkylation sites (N-methyl/N-ethyl adjacent to an activating group) is 1. The van der Waals surface area contributed by atoms with Gasteiger partial charge in [0, 0.05) is 51.5 Å². The standard InChI is InChI=1S/C16H33N3Si/c1-12-13(18(5)6)11-14(15(12)19(7)8)20(9,10)17-16(2,3)4/h17H,11H2,1-10H3. The zero-order valence-corrected chi connectivity index (χ0v) is 16.1. The molecule has 0 radical (unpaired) electrons. The van der Waals surface area contributed by atoms with Gasteiger partial charge in [0.2, 0.25) is 0 Å². The Labute approximate surface area is 126 Å². The largest absolute Gasteiger partial charge is 0.380 e. The Hall–Kier alpha value is -0.743. The van der Waals surface area contributed by atoms with E-state index in [1.54, 1.807) is 5.20 Å². The zero-order valence-electron chi connectivity index (χ0n) is 15.1. The molecule has 0 aromatic heterocycles. The Bertz CT molecular complexity index is 437. The molecule has 0 unspecified atom stereocenters. The van der Waals surface area contributed by atoms with Gasteiger partial charge in [0.15, 0.2) is 0 Å². The molecule has 1 aliphatic rings. The van der Waals surface area contributed by atoms with Crippen LogP contribution in [0.1, 0.15) is 34.1 Å². The first-order valence-electron chi connectivity index (χ1n) is 7.44. The molecule has 0 aliphatic heterocycles. The Morgan fingerprint density at radius 2 is 1.50 bits per heavy atom. The monoisotopic (exact) mass is 295 g/mol. The minimum absolute atomic E-state index is 0.162. The van der Waals surface area contributed by atoms with Crippen molar-refractivity contribution in [1.29, 1.82) is 0 Å². The summed E-state index contributed by atoms with van der Waals surface area (Å²) in [5, 5.41) is 1.62. The smallest absolute Gasteiger partial charge is 0.150 e. The molecule has 0 saturated heterocycles. The first-order chi connectivity index (χ1) is 8.87. The first kappa shape index (κ1) is 17.3. The van der Waals surface area contributed by atoms with Crippen LogP contribution in [0, 0.1) is 0 Å². The molecule has 0 spiro atoms. The van der Waals surface area contributed by atoms with Gasteiger partial charge < -0.3 is 14.8 Å². The topological polar surface area (TPSA) is 18.5 Å². The van der Waals surface area contributed by atoms with Gasteiger partial charge in [0.05, 0.1) is 0 Å². The number of nitrogens with one attached hydrogen (secondary N) is 1. The zero-order chi connectivity index (χ0) is 15.9. The molecule has 1 aliphatic carbocycles. The lowest BCUT2D eigenvalue weighted by Gasteiger charge is -2.36. The molecule has 0 amide bonds. The van der Waals surface area contributed by atoms with Crippen molar-refractivity contribution in [3.63, 3.8) is 0 Å². The molecular formula is C16H33N3Si. The van der Waals surface area contributed by atoms with Crippen molar-refractivity contribution in [3.05, 3.63) is 22.2 Å². The third kappa shape index (κ3) is 3.67. The molecule has 0 atom stereocenters. The van der Waals surface area contributed by atoms with Crippen molar-refractivity contribution in [2.24, 2.45) is 0 Å². The minimum Gasteiger partial charge on any atom is -0.380 e. The van der Waals surface area contributed by atoms with Crippen molar-refractivity contribution < 1.29 is 0 Å². The van der Waals surface area contributed by atoms with Crippen LogP contribution in [0.15, 0.2) is 22.2 Å². The summed E-state index contributed by atoms with van der Waals surface area (Å²) in [6.07, 6.45) is 1.09. The van der Waals surface area contributed by atoms with Gasteiger partial charge in [0.25, 0.3) is 0 Å². The lowest BCUT2D eigenvalue weighted by atomic mass is 10.1. The fourth-order valence-corrected chi connectivity index (χ4v) is 7.01. The molecule has 0 fully saturated rings. The Morgan fingerprint density at radius 3 is 1.85 bits per heavy atom. The van der Waals surface area contributed by atoms with E-state index in [1.807, 2.05) is 0 Å². The summed E-state index contributed by atoms with van der Waals surface area (Å²) in [6.45, 7) is 13.9. The molecule has 116 valence electrons. The highest BCUT2D eigenvalue weighted by molar-refractivity contribution is 6.82. The van der Waals surface area contributed by atoms with E-state index >= 15 is 0 Å². The lowest BCUT2D eigenvalue weighted by Crippen LogP contribution is -2.56. The van der Waals surface area contributed by atoms with Crippen LogP contribution in [-0.2, 0) is 0 Å². The van der Waals surface area contributed by atoms with E-state index in [9.17, 15) is 0 Å². The van der Waals surface area contributed by atoms with Gasteiger partial charge >= 0.3 is 0 Å². The molecule has 1 rings (SSSR count). The molecule has 0 heterocycles. The Kier molecular flexibility index (Phi) is 4.82. The van der Waals surface area contributed by atoms with Crippen LogP contribution in [0.4, 0.5) is 0 Å².